The third-order valence-electron chi connectivity index (χ3n) is 4.58. The Labute approximate surface area is 161 Å². The van der Waals surface area contributed by atoms with Crippen LogP contribution in [0.2, 0.25) is 0 Å². The van der Waals surface area contributed by atoms with Crippen LogP contribution in [0.15, 0.2) is 76.1 Å². The van der Waals surface area contributed by atoms with Gasteiger partial charge in [0, 0.05) is 17.3 Å². The first-order chi connectivity index (χ1) is 13.5. The molecule has 0 saturated carbocycles. The molecule has 0 radical (unpaired) electrons. The summed E-state index contributed by atoms with van der Waals surface area (Å²) in [6, 6.07) is 18.0. The predicted octanol–water partition coefficient (Wildman–Crippen LogP) is 4.72. The van der Waals surface area contributed by atoms with Crippen LogP contribution in [0.3, 0.4) is 0 Å². The first kappa shape index (κ1) is 17.7. The van der Waals surface area contributed by atoms with Gasteiger partial charge in [0.15, 0.2) is 11.0 Å². The van der Waals surface area contributed by atoms with Crippen molar-refractivity contribution < 1.29 is 9.21 Å². The summed E-state index contributed by atoms with van der Waals surface area (Å²) in [6.07, 6.45) is 1.68. The molecule has 2 aromatic carbocycles. The SMILES string of the molecule is Cc1ccc(NC(=O)c2cccc3c(=O)c(C)c(-c4ccccc4)oc23)nc1. The molecular formula is C23H18N2O3. The zero-order valence-electron chi connectivity index (χ0n) is 15.5. The molecule has 0 bridgehead atoms. The second-order valence-electron chi connectivity index (χ2n) is 6.61. The minimum atomic E-state index is -0.382. The molecule has 0 spiro atoms. The average molecular weight is 370 g/mol. The molecule has 4 rings (SSSR count). The van der Waals surface area contributed by atoms with Crippen molar-refractivity contribution in [1.29, 1.82) is 0 Å². The van der Waals surface area contributed by atoms with Crippen molar-refractivity contribution in [1.82, 2.24) is 4.98 Å². The molecule has 138 valence electrons. The molecule has 5 nitrogen and oxygen atoms in total. The van der Waals surface area contributed by atoms with Crippen molar-refractivity contribution >= 4 is 22.7 Å². The van der Waals surface area contributed by atoms with Crippen LogP contribution in [0.25, 0.3) is 22.3 Å². The van der Waals surface area contributed by atoms with Gasteiger partial charge in [0.2, 0.25) is 0 Å². The van der Waals surface area contributed by atoms with Gasteiger partial charge in [-0.05, 0) is 37.6 Å². The summed E-state index contributed by atoms with van der Waals surface area (Å²) in [4.78, 5) is 29.9. The maximum absolute atomic E-state index is 12.9. The Balaban J connectivity index is 1.85. The predicted molar refractivity (Wildman–Crippen MR) is 110 cm³/mol. The van der Waals surface area contributed by atoms with Gasteiger partial charge in [0.1, 0.15) is 11.6 Å². The molecule has 2 aromatic heterocycles. The number of hydrogen-bond donors (Lipinski definition) is 1. The van der Waals surface area contributed by atoms with Gasteiger partial charge in [-0.2, -0.15) is 0 Å². The van der Waals surface area contributed by atoms with Crippen LogP contribution in [-0.4, -0.2) is 10.9 Å². The molecular weight excluding hydrogens is 352 g/mol. The van der Waals surface area contributed by atoms with Gasteiger partial charge in [0.25, 0.3) is 5.91 Å². The Morgan fingerprint density at radius 3 is 2.46 bits per heavy atom. The molecule has 0 fully saturated rings. The second-order valence-corrected chi connectivity index (χ2v) is 6.61. The number of aromatic nitrogens is 1. The Bertz CT molecular complexity index is 1230. The highest BCUT2D eigenvalue weighted by Gasteiger charge is 2.18. The molecule has 1 N–H and O–H groups in total. The lowest BCUT2D eigenvalue weighted by atomic mass is 10.0. The normalized spacial score (nSPS) is 10.8. The van der Waals surface area contributed by atoms with Crippen molar-refractivity contribution in [3.63, 3.8) is 0 Å². The largest absolute Gasteiger partial charge is 0.455 e. The number of rotatable bonds is 3. The van der Waals surface area contributed by atoms with Gasteiger partial charge < -0.3 is 9.73 Å². The number of nitrogens with zero attached hydrogens (tertiary/aromatic N) is 1. The minimum absolute atomic E-state index is 0.150. The van der Waals surface area contributed by atoms with Crippen molar-refractivity contribution in [2.75, 3.05) is 5.32 Å². The van der Waals surface area contributed by atoms with Crippen LogP contribution in [0, 0.1) is 13.8 Å². The van der Waals surface area contributed by atoms with Crippen molar-refractivity contribution in [2.24, 2.45) is 0 Å². The van der Waals surface area contributed by atoms with E-state index >= 15 is 0 Å². The van der Waals surface area contributed by atoms with Crippen LogP contribution in [0.1, 0.15) is 21.5 Å². The molecule has 0 aliphatic rings. The van der Waals surface area contributed by atoms with Crippen molar-refractivity contribution in [3.05, 3.63) is 93.8 Å². The first-order valence-corrected chi connectivity index (χ1v) is 8.90. The number of hydrogen-bond acceptors (Lipinski definition) is 4. The number of carbonyl (C=O) groups excluding carboxylic acids is 1. The maximum Gasteiger partial charge on any atom is 0.260 e. The number of nitrogens with one attached hydrogen (secondary N) is 1. The Kier molecular flexibility index (Phi) is 4.49. The highest BCUT2D eigenvalue weighted by molar-refractivity contribution is 6.11. The molecule has 0 atom stereocenters. The molecule has 1 amide bonds. The molecule has 28 heavy (non-hydrogen) atoms. The summed E-state index contributed by atoms with van der Waals surface area (Å²) in [5, 5.41) is 3.14. The second kappa shape index (κ2) is 7.12. The quantitative estimate of drug-likeness (QED) is 0.566. The molecule has 2 heterocycles. The van der Waals surface area contributed by atoms with E-state index in [0.29, 0.717) is 22.5 Å². The Hall–Kier alpha value is -3.73. The van der Waals surface area contributed by atoms with E-state index in [0.717, 1.165) is 11.1 Å². The van der Waals surface area contributed by atoms with E-state index in [4.69, 9.17) is 4.42 Å². The third-order valence-corrected chi connectivity index (χ3v) is 4.58. The van der Waals surface area contributed by atoms with Crippen LogP contribution in [0.5, 0.6) is 0 Å². The van der Waals surface area contributed by atoms with Gasteiger partial charge >= 0.3 is 0 Å². The van der Waals surface area contributed by atoms with E-state index in [2.05, 4.69) is 10.3 Å². The fourth-order valence-corrected chi connectivity index (χ4v) is 3.08. The van der Waals surface area contributed by atoms with E-state index < -0.39 is 0 Å². The fourth-order valence-electron chi connectivity index (χ4n) is 3.08. The molecule has 0 saturated heterocycles. The number of anilines is 1. The number of fused-ring (bicyclic) bond motifs is 1. The Morgan fingerprint density at radius 1 is 0.964 bits per heavy atom. The number of amides is 1. The summed E-state index contributed by atoms with van der Waals surface area (Å²) in [5.74, 6) is 0.519. The summed E-state index contributed by atoms with van der Waals surface area (Å²) in [6.45, 7) is 3.65. The number of aryl methyl sites for hydroxylation is 1. The van der Waals surface area contributed by atoms with Crippen molar-refractivity contribution in [3.8, 4) is 11.3 Å². The van der Waals surface area contributed by atoms with Gasteiger partial charge in [-0.15, -0.1) is 0 Å². The third kappa shape index (κ3) is 3.18. The molecule has 0 aliphatic heterocycles. The highest BCUT2D eigenvalue weighted by Crippen LogP contribution is 2.27. The van der Waals surface area contributed by atoms with Crippen molar-refractivity contribution in [2.45, 2.75) is 13.8 Å². The van der Waals surface area contributed by atoms with E-state index in [9.17, 15) is 9.59 Å². The van der Waals surface area contributed by atoms with Crippen LogP contribution >= 0.6 is 0 Å². The van der Waals surface area contributed by atoms with E-state index in [1.165, 1.54) is 0 Å². The zero-order valence-corrected chi connectivity index (χ0v) is 15.5. The van der Waals surface area contributed by atoms with E-state index in [-0.39, 0.29) is 22.5 Å². The summed E-state index contributed by atoms with van der Waals surface area (Å²) in [7, 11) is 0. The fraction of sp³-hybridized carbons (Fsp3) is 0.0870. The van der Waals surface area contributed by atoms with Gasteiger partial charge in [-0.3, -0.25) is 9.59 Å². The molecule has 0 aliphatic carbocycles. The van der Waals surface area contributed by atoms with Gasteiger partial charge in [-0.25, -0.2) is 4.98 Å². The summed E-state index contributed by atoms with van der Waals surface area (Å²) in [5.41, 5.74) is 2.70. The lowest BCUT2D eigenvalue weighted by molar-refractivity contribution is 0.102. The first-order valence-electron chi connectivity index (χ1n) is 8.90. The smallest absolute Gasteiger partial charge is 0.260 e. The van der Waals surface area contributed by atoms with Crippen LogP contribution < -0.4 is 10.7 Å². The zero-order chi connectivity index (χ0) is 19.7. The summed E-state index contributed by atoms with van der Waals surface area (Å²) >= 11 is 0. The van der Waals surface area contributed by atoms with Crippen LogP contribution in [-0.2, 0) is 0 Å². The highest BCUT2D eigenvalue weighted by atomic mass is 16.3. The minimum Gasteiger partial charge on any atom is -0.455 e. The lowest BCUT2D eigenvalue weighted by Gasteiger charge is -2.10. The maximum atomic E-state index is 12.9. The Morgan fingerprint density at radius 2 is 1.75 bits per heavy atom. The van der Waals surface area contributed by atoms with E-state index in [1.54, 1.807) is 37.4 Å². The monoisotopic (exact) mass is 370 g/mol. The topological polar surface area (TPSA) is 72.2 Å². The number of benzene rings is 2. The standard InChI is InChI=1S/C23H18N2O3/c1-14-11-12-19(24-13-14)25-23(27)18-10-6-9-17-20(26)15(2)21(28-22(17)18)16-7-4-3-5-8-16/h3-13H,1-2H3,(H,24,25,27). The lowest BCUT2D eigenvalue weighted by Crippen LogP contribution is -2.15. The number of para-hydroxylation sites is 1. The van der Waals surface area contributed by atoms with Crippen LogP contribution in [0.4, 0.5) is 5.82 Å². The molecule has 4 aromatic rings. The molecule has 5 heteroatoms. The number of carbonyl (C=O) groups is 1. The number of pyridine rings is 1. The van der Waals surface area contributed by atoms with E-state index in [1.807, 2.05) is 43.3 Å². The summed E-state index contributed by atoms with van der Waals surface area (Å²) < 4.78 is 6.09. The molecule has 0 unspecified atom stereocenters. The average Bonchev–Trinajstić information content (AvgIpc) is 2.72. The van der Waals surface area contributed by atoms with Gasteiger partial charge in [-0.1, -0.05) is 42.5 Å². The van der Waals surface area contributed by atoms with Gasteiger partial charge in [0.05, 0.1) is 10.9 Å².